The average molecular weight is 485 g/mol. The minimum absolute atomic E-state index is 0.0537. The molecule has 0 bridgehead atoms. The van der Waals surface area contributed by atoms with Crippen LogP contribution in [0.25, 0.3) is 11.5 Å². The normalized spacial score (nSPS) is 15.1. The number of anilines is 1. The van der Waals surface area contributed by atoms with Gasteiger partial charge in [-0.25, -0.2) is 23.4 Å². The molecule has 5 heterocycles. The van der Waals surface area contributed by atoms with E-state index in [1.165, 1.54) is 12.4 Å². The highest BCUT2D eigenvalue weighted by Gasteiger charge is 2.31. The van der Waals surface area contributed by atoms with Crippen LogP contribution < -0.4 is 9.46 Å². The third-order valence-electron chi connectivity index (χ3n) is 4.97. The van der Waals surface area contributed by atoms with Gasteiger partial charge in [-0.1, -0.05) is 17.7 Å². The first-order valence-corrected chi connectivity index (χ1v) is 11.9. The van der Waals surface area contributed by atoms with Gasteiger partial charge in [0.15, 0.2) is 5.82 Å². The summed E-state index contributed by atoms with van der Waals surface area (Å²) in [5.74, 6) is 1.09. The number of fused-ring (bicyclic) bond motifs is 3. The van der Waals surface area contributed by atoms with Gasteiger partial charge in [-0.15, -0.1) is 10.2 Å². The summed E-state index contributed by atoms with van der Waals surface area (Å²) in [6.45, 7) is 0.211. The molecule has 0 amide bonds. The van der Waals surface area contributed by atoms with Gasteiger partial charge in [0.2, 0.25) is 16.0 Å². The van der Waals surface area contributed by atoms with E-state index in [-0.39, 0.29) is 24.7 Å². The van der Waals surface area contributed by atoms with E-state index in [0.717, 1.165) is 5.56 Å². The van der Waals surface area contributed by atoms with Crippen LogP contribution in [0.2, 0.25) is 5.02 Å². The van der Waals surface area contributed by atoms with Crippen molar-refractivity contribution in [3.63, 3.8) is 0 Å². The van der Waals surface area contributed by atoms with Gasteiger partial charge in [0.1, 0.15) is 23.9 Å². The maximum absolute atomic E-state index is 12.9. The lowest BCUT2D eigenvalue weighted by atomic mass is 10.1. The van der Waals surface area contributed by atoms with Crippen molar-refractivity contribution in [3.8, 4) is 17.3 Å². The number of hydrogen-bond donors (Lipinski definition) is 1. The van der Waals surface area contributed by atoms with Gasteiger partial charge in [0, 0.05) is 37.4 Å². The summed E-state index contributed by atoms with van der Waals surface area (Å²) < 4.78 is 35.9. The van der Waals surface area contributed by atoms with Gasteiger partial charge in [0.25, 0.3) is 0 Å². The average Bonchev–Trinajstić information content (AvgIpc) is 3.14. The molecule has 0 unspecified atom stereocenters. The lowest BCUT2D eigenvalue weighted by Gasteiger charge is -2.19. The van der Waals surface area contributed by atoms with E-state index in [1.807, 2.05) is 6.07 Å². The van der Waals surface area contributed by atoms with Gasteiger partial charge in [-0.05, 0) is 23.8 Å². The molecule has 0 fully saturated rings. The molecule has 0 saturated carbocycles. The molecule has 1 N–H and O–H groups in total. The largest absolute Gasteiger partial charge is 0.489 e. The zero-order valence-electron chi connectivity index (χ0n) is 17.0. The van der Waals surface area contributed by atoms with Crippen LogP contribution in [0.15, 0.2) is 55.2 Å². The predicted octanol–water partition coefficient (Wildman–Crippen LogP) is 2.14. The minimum Gasteiger partial charge on any atom is -0.489 e. The monoisotopic (exact) mass is 484 g/mol. The number of aryl methyl sites for hydroxylation is 1. The molecule has 11 nitrogen and oxygen atoms in total. The number of ether oxygens (including phenoxy) is 1. The summed E-state index contributed by atoms with van der Waals surface area (Å²) >= 11 is 5.78. The molecule has 0 aliphatic carbocycles. The van der Waals surface area contributed by atoms with Crippen molar-refractivity contribution in [2.75, 3.05) is 17.1 Å². The molecule has 0 aromatic carbocycles. The SMILES string of the molecule is O=S(=O)(CCc1ncc(Cl)cn1)Nc1nnc2n1[C@@H](c1cccnc1)COc1cccnc1-2. The second-order valence-corrected chi connectivity index (χ2v) is 9.45. The summed E-state index contributed by atoms with van der Waals surface area (Å²) in [6.07, 6.45) is 7.91. The van der Waals surface area contributed by atoms with E-state index in [2.05, 4.69) is 34.9 Å². The number of rotatable bonds is 6. The molecular formula is C20H17ClN8O3S. The minimum atomic E-state index is -3.80. The molecule has 33 heavy (non-hydrogen) atoms. The highest BCUT2D eigenvalue weighted by atomic mass is 35.5. The third kappa shape index (κ3) is 4.47. The van der Waals surface area contributed by atoms with Gasteiger partial charge < -0.3 is 4.74 Å². The number of nitrogens with zero attached hydrogens (tertiary/aromatic N) is 7. The molecule has 13 heteroatoms. The van der Waals surface area contributed by atoms with E-state index in [4.69, 9.17) is 16.3 Å². The molecule has 0 saturated heterocycles. The van der Waals surface area contributed by atoms with Crippen LogP contribution >= 0.6 is 11.6 Å². The number of hydrogen-bond acceptors (Lipinski definition) is 9. The van der Waals surface area contributed by atoms with Crippen LogP contribution in [0.1, 0.15) is 17.4 Å². The Balaban J connectivity index is 1.49. The Morgan fingerprint density at radius 3 is 2.70 bits per heavy atom. The number of aromatic nitrogens is 7. The van der Waals surface area contributed by atoms with Crippen LogP contribution in [0, 0.1) is 0 Å². The fraction of sp³-hybridized carbons (Fsp3) is 0.200. The topological polar surface area (TPSA) is 138 Å². The summed E-state index contributed by atoms with van der Waals surface area (Å²) in [4.78, 5) is 16.6. The van der Waals surface area contributed by atoms with Gasteiger partial charge in [-0.3, -0.25) is 14.3 Å². The zero-order valence-corrected chi connectivity index (χ0v) is 18.6. The van der Waals surface area contributed by atoms with E-state index in [0.29, 0.717) is 28.1 Å². The van der Waals surface area contributed by atoms with Crippen LogP contribution in [0.5, 0.6) is 5.75 Å². The lowest BCUT2D eigenvalue weighted by Crippen LogP contribution is -2.24. The number of halogens is 1. The zero-order chi connectivity index (χ0) is 22.8. The lowest BCUT2D eigenvalue weighted by molar-refractivity contribution is 0.280. The second kappa shape index (κ2) is 8.71. The fourth-order valence-electron chi connectivity index (χ4n) is 3.44. The van der Waals surface area contributed by atoms with Crippen LogP contribution in [-0.4, -0.2) is 55.5 Å². The summed E-state index contributed by atoms with van der Waals surface area (Å²) in [5, 5.41) is 8.73. The third-order valence-corrected chi connectivity index (χ3v) is 6.40. The van der Waals surface area contributed by atoms with Crippen LogP contribution in [0.3, 0.4) is 0 Å². The highest BCUT2D eigenvalue weighted by molar-refractivity contribution is 7.92. The Bertz CT molecular complexity index is 1380. The van der Waals surface area contributed by atoms with Crippen LogP contribution in [-0.2, 0) is 16.4 Å². The first kappa shape index (κ1) is 21.2. The van der Waals surface area contributed by atoms with Crippen molar-refractivity contribution in [1.82, 2.24) is 34.7 Å². The first-order chi connectivity index (χ1) is 16.0. The van der Waals surface area contributed by atoms with Gasteiger partial charge in [-0.2, -0.15) is 0 Å². The molecule has 0 spiro atoms. The van der Waals surface area contributed by atoms with Crippen molar-refractivity contribution in [2.24, 2.45) is 0 Å². The Morgan fingerprint density at radius 2 is 1.91 bits per heavy atom. The van der Waals surface area contributed by atoms with Crippen molar-refractivity contribution < 1.29 is 13.2 Å². The van der Waals surface area contributed by atoms with E-state index in [1.54, 1.807) is 41.4 Å². The Morgan fingerprint density at radius 1 is 1.09 bits per heavy atom. The van der Waals surface area contributed by atoms with E-state index in [9.17, 15) is 8.42 Å². The fourth-order valence-corrected chi connectivity index (χ4v) is 4.51. The molecule has 5 rings (SSSR count). The summed E-state index contributed by atoms with van der Waals surface area (Å²) in [5.41, 5.74) is 1.28. The standard InChI is InChI=1S/C20H17ClN8O3S/c21-14-10-24-17(25-11-14)5-8-33(30,31)28-20-27-26-19-18-16(4-2-7-23-18)32-12-15(29(19)20)13-3-1-6-22-9-13/h1-4,6-7,9-11,15H,5,8,12H2,(H,27,28)/t15-/m1/s1. The molecule has 1 aliphatic rings. The molecule has 168 valence electrons. The van der Waals surface area contributed by atoms with Gasteiger partial charge in [0.05, 0.1) is 16.8 Å². The Labute approximate surface area is 193 Å². The van der Waals surface area contributed by atoms with Crippen molar-refractivity contribution in [3.05, 3.63) is 71.7 Å². The van der Waals surface area contributed by atoms with Crippen molar-refractivity contribution >= 4 is 27.6 Å². The smallest absolute Gasteiger partial charge is 0.239 e. The number of sulfonamides is 1. The highest BCUT2D eigenvalue weighted by Crippen LogP contribution is 2.36. The first-order valence-electron chi connectivity index (χ1n) is 9.90. The van der Waals surface area contributed by atoms with Gasteiger partial charge >= 0.3 is 0 Å². The summed E-state index contributed by atoms with van der Waals surface area (Å²) in [7, 11) is -3.80. The quantitative estimate of drug-likeness (QED) is 0.436. The summed E-state index contributed by atoms with van der Waals surface area (Å²) in [6, 6.07) is 6.78. The van der Waals surface area contributed by atoms with Crippen LogP contribution in [0.4, 0.5) is 5.95 Å². The number of nitrogens with one attached hydrogen (secondary N) is 1. The molecule has 1 aliphatic heterocycles. The maximum atomic E-state index is 12.9. The second-order valence-electron chi connectivity index (χ2n) is 7.17. The Kier molecular flexibility index (Phi) is 5.60. The molecular weight excluding hydrogens is 468 g/mol. The number of pyridine rings is 2. The predicted molar refractivity (Wildman–Crippen MR) is 119 cm³/mol. The van der Waals surface area contributed by atoms with E-state index >= 15 is 0 Å². The molecule has 0 radical (unpaired) electrons. The van der Waals surface area contributed by atoms with Crippen molar-refractivity contribution in [2.45, 2.75) is 12.5 Å². The van der Waals surface area contributed by atoms with E-state index < -0.39 is 16.1 Å². The van der Waals surface area contributed by atoms with Crippen molar-refractivity contribution in [1.29, 1.82) is 0 Å². The maximum Gasteiger partial charge on any atom is 0.239 e. The molecule has 1 atom stereocenters. The Hall–Kier alpha value is -3.64. The molecule has 4 aromatic heterocycles. The molecule has 4 aromatic rings.